The van der Waals surface area contributed by atoms with E-state index in [1.165, 1.54) is 6.20 Å². The average Bonchev–Trinajstić information content (AvgIpc) is 2.83. The summed E-state index contributed by atoms with van der Waals surface area (Å²) < 4.78 is 5.49. The highest BCUT2D eigenvalue weighted by molar-refractivity contribution is 5.59. The number of nitrogens with zero attached hydrogens (tertiary/aromatic N) is 4. The van der Waals surface area contributed by atoms with E-state index in [2.05, 4.69) is 15.3 Å². The second-order valence-electron chi connectivity index (χ2n) is 4.45. The molecule has 19 heavy (non-hydrogen) atoms. The van der Waals surface area contributed by atoms with Gasteiger partial charge in [-0.25, -0.2) is 4.98 Å². The van der Waals surface area contributed by atoms with Crippen LogP contribution in [0.5, 0.6) is 0 Å². The first-order valence-electron chi connectivity index (χ1n) is 6.08. The number of likely N-dealkylation sites (N-methyl/N-ethyl adjacent to an activating group) is 1. The van der Waals surface area contributed by atoms with Gasteiger partial charge in [-0.1, -0.05) is 0 Å². The lowest BCUT2D eigenvalue weighted by Gasteiger charge is -2.27. The second-order valence-corrected chi connectivity index (χ2v) is 4.45. The predicted octanol–water partition coefficient (Wildman–Crippen LogP) is 1.04. The van der Waals surface area contributed by atoms with Gasteiger partial charge in [0.05, 0.1) is 17.1 Å². The van der Waals surface area contributed by atoms with E-state index in [0.29, 0.717) is 18.4 Å². The third-order valence-corrected chi connectivity index (χ3v) is 3.34. The molecule has 1 aliphatic rings. The van der Waals surface area contributed by atoms with E-state index in [1.54, 1.807) is 19.0 Å². The van der Waals surface area contributed by atoms with Crippen LogP contribution in [0.4, 0.5) is 17.5 Å². The molecule has 2 unspecified atom stereocenters. The third-order valence-electron chi connectivity index (χ3n) is 3.34. The second kappa shape index (κ2) is 5.35. The molecule has 104 valence electrons. The zero-order chi connectivity index (χ0) is 14.0. The summed E-state index contributed by atoms with van der Waals surface area (Å²) in [5.41, 5.74) is -0.0967. The predicted molar refractivity (Wildman–Crippen MR) is 70.5 cm³/mol. The van der Waals surface area contributed by atoms with Crippen molar-refractivity contribution in [3.8, 4) is 0 Å². The molecule has 8 heteroatoms. The molecule has 2 rings (SSSR count). The normalized spacial score (nSPS) is 22.3. The summed E-state index contributed by atoms with van der Waals surface area (Å²) >= 11 is 0. The highest BCUT2D eigenvalue weighted by Crippen LogP contribution is 2.30. The van der Waals surface area contributed by atoms with E-state index in [-0.39, 0.29) is 17.8 Å². The topological polar surface area (TPSA) is 93.4 Å². The van der Waals surface area contributed by atoms with Crippen molar-refractivity contribution < 1.29 is 9.66 Å². The van der Waals surface area contributed by atoms with E-state index < -0.39 is 4.92 Å². The summed E-state index contributed by atoms with van der Waals surface area (Å²) in [5, 5.41) is 13.9. The lowest BCUT2D eigenvalue weighted by atomic mass is 10.1. The van der Waals surface area contributed by atoms with Gasteiger partial charge >= 0.3 is 5.69 Å². The number of ether oxygens (including phenoxy) is 1. The first-order valence-corrected chi connectivity index (χ1v) is 6.08. The molecule has 0 radical (unpaired) electrons. The van der Waals surface area contributed by atoms with E-state index in [9.17, 15) is 10.1 Å². The number of aromatic nitrogens is 2. The Morgan fingerprint density at radius 1 is 1.63 bits per heavy atom. The van der Waals surface area contributed by atoms with Gasteiger partial charge in [-0.3, -0.25) is 10.1 Å². The highest BCUT2D eigenvalue weighted by Gasteiger charge is 2.32. The van der Waals surface area contributed by atoms with Gasteiger partial charge in [0.1, 0.15) is 6.20 Å². The maximum absolute atomic E-state index is 11.1. The Morgan fingerprint density at radius 2 is 2.37 bits per heavy atom. The molecular formula is C11H17N5O3. The number of nitro groups is 1. The van der Waals surface area contributed by atoms with E-state index >= 15 is 0 Å². The molecule has 1 aromatic rings. The number of rotatable bonds is 4. The Labute approximate surface area is 110 Å². The van der Waals surface area contributed by atoms with Gasteiger partial charge in [-0.2, -0.15) is 4.98 Å². The molecule has 2 atom stereocenters. The van der Waals surface area contributed by atoms with Crippen LogP contribution >= 0.6 is 0 Å². The molecule has 2 heterocycles. The monoisotopic (exact) mass is 267 g/mol. The van der Waals surface area contributed by atoms with Crippen LogP contribution in [0.25, 0.3) is 0 Å². The fourth-order valence-corrected chi connectivity index (χ4v) is 2.26. The van der Waals surface area contributed by atoms with Crippen molar-refractivity contribution in [2.75, 3.05) is 30.9 Å². The fourth-order valence-electron chi connectivity index (χ4n) is 2.26. The Kier molecular flexibility index (Phi) is 3.79. The van der Waals surface area contributed by atoms with Crippen LogP contribution in [0.3, 0.4) is 0 Å². The lowest BCUT2D eigenvalue weighted by Crippen LogP contribution is -2.37. The van der Waals surface area contributed by atoms with Gasteiger partial charge in [-0.15, -0.1) is 0 Å². The minimum Gasteiger partial charge on any atom is -0.376 e. The largest absolute Gasteiger partial charge is 0.376 e. The van der Waals surface area contributed by atoms with E-state index in [0.717, 1.165) is 6.42 Å². The van der Waals surface area contributed by atoms with Gasteiger partial charge in [0, 0.05) is 20.7 Å². The number of hydrogen-bond donors (Lipinski definition) is 1. The molecule has 1 aliphatic heterocycles. The Balaban J connectivity index is 2.37. The van der Waals surface area contributed by atoms with Crippen molar-refractivity contribution >= 4 is 17.5 Å². The summed E-state index contributed by atoms with van der Waals surface area (Å²) in [6.07, 6.45) is 2.08. The van der Waals surface area contributed by atoms with Gasteiger partial charge in [0.2, 0.25) is 11.8 Å². The van der Waals surface area contributed by atoms with Gasteiger partial charge in [0.25, 0.3) is 0 Å². The molecule has 0 amide bonds. The minimum absolute atomic E-state index is 0.0256. The fraction of sp³-hybridized carbons (Fsp3) is 0.636. The van der Waals surface area contributed by atoms with Crippen LogP contribution in [0.2, 0.25) is 0 Å². The zero-order valence-electron chi connectivity index (χ0n) is 11.2. The number of nitrogens with one attached hydrogen (secondary N) is 1. The molecule has 1 N–H and O–H groups in total. The Hall–Kier alpha value is -1.96. The van der Waals surface area contributed by atoms with Crippen molar-refractivity contribution in [3.63, 3.8) is 0 Å². The van der Waals surface area contributed by atoms with E-state index in [1.807, 2.05) is 6.92 Å². The molecule has 1 aromatic heterocycles. The van der Waals surface area contributed by atoms with Crippen LogP contribution < -0.4 is 10.2 Å². The summed E-state index contributed by atoms with van der Waals surface area (Å²) in [6, 6.07) is 0.0818. The minimum atomic E-state index is -0.467. The SMILES string of the molecule is CNc1ncc([N+](=O)[O-])c(N(C)C2CCOC2C)n1. The zero-order valence-corrected chi connectivity index (χ0v) is 11.2. The maximum atomic E-state index is 11.1. The maximum Gasteiger partial charge on any atom is 0.329 e. The van der Waals surface area contributed by atoms with Crippen molar-refractivity contribution in [1.29, 1.82) is 0 Å². The standard InChI is InChI=1S/C11H17N5O3/c1-7-8(4-5-19-7)15(3)10-9(16(17)18)6-13-11(12-2)14-10/h6-8H,4-5H2,1-3H3,(H,12,13,14). The van der Waals surface area contributed by atoms with Crippen LogP contribution in [-0.4, -0.2) is 47.7 Å². The summed E-state index contributed by atoms with van der Waals surface area (Å²) in [7, 11) is 3.47. The van der Waals surface area contributed by atoms with Crippen molar-refractivity contribution in [1.82, 2.24) is 9.97 Å². The first-order chi connectivity index (χ1) is 9.04. The molecular weight excluding hydrogens is 250 g/mol. The van der Waals surface area contributed by atoms with Crippen LogP contribution in [-0.2, 0) is 4.74 Å². The quantitative estimate of drug-likeness (QED) is 0.643. The molecule has 0 aromatic carbocycles. The van der Waals surface area contributed by atoms with Crippen molar-refractivity contribution in [2.45, 2.75) is 25.5 Å². The Morgan fingerprint density at radius 3 is 2.89 bits per heavy atom. The molecule has 0 bridgehead atoms. The van der Waals surface area contributed by atoms with Crippen molar-refractivity contribution in [2.24, 2.45) is 0 Å². The average molecular weight is 267 g/mol. The number of hydrogen-bond acceptors (Lipinski definition) is 7. The third kappa shape index (κ3) is 2.58. The number of anilines is 2. The van der Waals surface area contributed by atoms with Crippen LogP contribution in [0, 0.1) is 10.1 Å². The summed E-state index contributed by atoms with van der Waals surface area (Å²) in [4.78, 5) is 20.5. The molecule has 1 fully saturated rings. The molecule has 0 spiro atoms. The molecule has 0 saturated carbocycles. The molecule has 0 aliphatic carbocycles. The van der Waals surface area contributed by atoms with Gasteiger partial charge in [-0.05, 0) is 13.3 Å². The summed E-state index contributed by atoms with van der Waals surface area (Å²) in [6.45, 7) is 2.62. The lowest BCUT2D eigenvalue weighted by molar-refractivity contribution is -0.384. The molecule has 1 saturated heterocycles. The van der Waals surface area contributed by atoms with Crippen LogP contribution in [0.15, 0.2) is 6.20 Å². The first kappa shape index (κ1) is 13.5. The van der Waals surface area contributed by atoms with Gasteiger partial charge < -0.3 is 15.0 Å². The highest BCUT2D eigenvalue weighted by atomic mass is 16.6. The smallest absolute Gasteiger partial charge is 0.329 e. The van der Waals surface area contributed by atoms with Crippen LogP contribution in [0.1, 0.15) is 13.3 Å². The molecule has 8 nitrogen and oxygen atoms in total. The van der Waals surface area contributed by atoms with Gasteiger partial charge in [0.15, 0.2) is 0 Å². The summed E-state index contributed by atoms with van der Waals surface area (Å²) in [5.74, 6) is 0.672. The Bertz CT molecular complexity index is 481. The van der Waals surface area contributed by atoms with Crippen molar-refractivity contribution in [3.05, 3.63) is 16.3 Å². The van der Waals surface area contributed by atoms with E-state index in [4.69, 9.17) is 4.74 Å².